The zero-order valence-corrected chi connectivity index (χ0v) is 13.1. The van der Waals surface area contributed by atoms with Crippen molar-refractivity contribution in [2.24, 2.45) is 11.1 Å². The van der Waals surface area contributed by atoms with Crippen molar-refractivity contribution in [3.63, 3.8) is 0 Å². The van der Waals surface area contributed by atoms with Crippen LogP contribution in [0.5, 0.6) is 0 Å². The van der Waals surface area contributed by atoms with Gasteiger partial charge >= 0.3 is 0 Å². The third-order valence-electron chi connectivity index (χ3n) is 4.41. The summed E-state index contributed by atoms with van der Waals surface area (Å²) in [6.07, 6.45) is 1.79. The van der Waals surface area contributed by atoms with Crippen LogP contribution in [0.3, 0.4) is 0 Å². The Morgan fingerprint density at radius 1 is 1.32 bits per heavy atom. The van der Waals surface area contributed by atoms with Crippen LogP contribution in [0.25, 0.3) is 0 Å². The van der Waals surface area contributed by atoms with E-state index in [4.69, 9.17) is 5.73 Å². The molecule has 0 saturated heterocycles. The summed E-state index contributed by atoms with van der Waals surface area (Å²) in [7, 11) is 0. The lowest BCUT2D eigenvalue weighted by molar-refractivity contribution is 0.332. The first-order valence-electron chi connectivity index (χ1n) is 7.43. The second kappa shape index (κ2) is 6.48. The Labute approximate surface area is 130 Å². The molecule has 0 aromatic heterocycles. The van der Waals surface area contributed by atoms with Gasteiger partial charge in [0.1, 0.15) is 11.6 Å². The van der Waals surface area contributed by atoms with Crippen LogP contribution in [0, 0.1) is 17.0 Å². The normalized spacial score (nSPS) is 26.8. The number of hydrogen-bond donors (Lipinski definition) is 3. The molecule has 1 unspecified atom stereocenters. The zero-order chi connectivity index (χ0) is 16.3. The number of rotatable bonds is 2. The summed E-state index contributed by atoms with van der Waals surface area (Å²) in [5, 5.41) is 0. The Morgan fingerprint density at radius 3 is 2.59 bits per heavy atom. The molecule has 0 bridgehead atoms. The number of nitrogens with two attached hydrogens (primary N) is 1. The van der Waals surface area contributed by atoms with Gasteiger partial charge in [0.05, 0.1) is 0 Å². The summed E-state index contributed by atoms with van der Waals surface area (Å²) in [6, 6.07) is 3.94. The van der Waals surface area contributed by atoms with Crippen molar-refractivity contribution >= 4 is 0 Å². The summed E-state index contributed by atoms with van der Waals surface area (Å²) >= 11 is 0. The van der Waals surface area contributed by atoms with E-state index in [0.717, 1.165) is 25.0 Å². The van der Waals surface area contributed by atoms with Crippen molar-refractivity contribution < 1.29 is 8.78 Å². The van der Waals surface area contributed by atoms with E-state index in [-0.39, 0.29) is 12.0 Å². The van der Waals surface area contributed by atoms with Crippen LogP contribution in [0.2, 0.25) is 0 Å². The third kappa shape index (κ3) is 3.30. The Bertz CT molecular complexity index is 590. The van der Waals surface area contributed by atoms with Crippen LogP contribution in [0.1, 0.15) is 32.3 Å². The second-order valence-corrected chi connectivity index (χ2v) is 6.11. The first-order valence-corrected chi connectivity index (χ1v) is 7.43. The minimum Gasteiger partial charge on any atom is -0.401 e. The predicted octanol–water partition coefficient (Wildman–Crippen LogP) is 3.15. The fourth-order valence-electron chi connectivity index (χ4n) is 2.85. The van der Waals surface area contributed by atoms with E-state index in [2.05, 4.69) is 17.4 Å². The van der Waals surface area contributed by atoms with E-state index in [9.17, 15) is 8.78 Å². The molecule has 1 aromatic carbocycles. The van der Waals surface area contributed by atoms with E-state index in [0.29, 0.717) is 11.4 Å². The van der Waals surface area contributed by atoms with Gasteiger partial charge in [0.25, 0.3) is 0 Å². The number of allylic oxidation sites excluding steroid dienone is 2. The summed E-state index contributed by atoms with van der Waals surface area (Å²) < 4.78 is 28.0. The van der Waals surface area contributed by atoms with Gasteiger partial charge in [-0.2, -0.15) is 0 Å². The highest BCUT2D eigenvalue weighted by molar-refractivity contribution is 5.34. The molecule has 0 amide bonds. The Hall–Kier alpha value is -1.88. The molecule has 22 heavy (non-hydrogen) atoms. The monoisotopic (exact) mass is 307 g/mol. The van der Waals surface area contributed by atoms with Gasteiger partial charge < -0.3 is 11.2 Å². The molecule has 3 nitrogen and oxygen atoms in total. The first-order chi connectivity index (χ1) is 10.3. The number of halogens is 2. The van der Waals surface area contributed by atoms with Crippen molar-refractivity contribution in [1.29, 1.82) is 0 Å². The predicted molar refractivity (Wildman–Crippen MR) is 84.6 cm³/mol. The SMILES string of the molecule is C=C1NNCCCC(C)(Cc2c(F)cccc2F)/C(N)=C\1C. The zero-order valence-electron chi connectivity index (χ0n) is 13.1. The summed E-state index contributed by atoms with van der Waals surface area (Å²) in [6.45, 7) is 8.49. The fourth-order valence-corrected chi connectivity index (χ4v) is 2.85. The standard InChI is InChI=1S/C17H23F2N3/c1-11-12(2)22-21-9-5-8-17(3,16(11)20)10-13-14(18)6-4-7-15(13)19/h4,6-7,21-22H,2,5,8-10,20H2,1,3H3/b16-11+. The van der Waals surface area contributed by atoms with Crippen LogP contribution in [-0.4, -0.2) is 6.54 Å². The average Bonchev–Trinajstić information content (AvgIpc) is 2.52. The fraction of sp³-hybridized carbons (Fsp3) is 0.412. The molecule has 1 aromatic rings. The molecule has 1 heterocycles. The van der Waals surface area contributed by atoms with Crippen LogP contribution >= 0.6 is 0 Å². The summed E-state index contributed by atoms with van der Waals surface area (Å²) in [5.41, 5.74) is 14.1. The van der Waals surface area contributed by atoms with Gasteiger partial charge in [0.2, 0.25) is 0 Å². The lowest BCUT2D eigenvalue weighted by Crippen LogP contribution is -2.31. The molecule has 4 N–H and O–H groups in total. The van der Waals surface area contributed by atoms with E-state index in [1.54, 1.807) is 0 Å². The molecule has 1 atom stereocenters. The van der Waals surface area contributed by atoms with Crippen molar-refractivity contribution in [2.75, 3.05) is 6.54 Å². The van der Waals surface area contributed by atoms with Crippen LogP contribution in [0.15, 0.2) is 41.7 Å². The molecule has 0 saturated carbocycles. The smallest absolute Gasteiger partial charge is 0.129 e. The number of hydrazine groups is 1. The van der Waals surface area contributed by atoms with Crippen LogP contribution < -0.4 is 16.6 Å². The van der Waals surface area contributed by atoms with Crippen molar-refractivity contribution in [3.05, 3.63) is 58.9 Å². The highest BCUT2D eigenvalue weighted by Gasteiger charge is 2.32. The maximum atomic E-state index is 14.0. The molecular formula is C17H23F2N3. The van der Waals surface area contributed by atoms with E-state index < -0.39 is 17.0 Å². The minimum absolute atomic E-state index is 0.0894. The van der Waals surface area contributed by atoms with E-state index in [1.807, 2.05) is 13.8 Å². The second-order valence-electron chi connectivity index (χ2n) is 6.11. The lowest BCUT2D eigenvalue weighted by Gasteiger charge is -2.32. The number of nitrogens with one attached hydrogen (secondary N) is 2. The van der Waals surface area contributed by atoms with Crippen molar-refractivity contribution in [3.8, 4) is 0 Å². The third-order valence-corrected chi connectivity index (χ3v) is 4.41. The van der Waals surface area contributed by atoms with Gasteiger partial charge in [0.15, 0.2) is 0 Å². The minimum atomic E-state index is -0.526. The Balaban J connectivity index is 2.43. The molecule has 0 spiro atoms. The van der Waals surface area contributed by atoms with Gasteiger partial charge in [-0.1, -0.05) is 19.6 Å². The highest BCUT2D eigenvalue weighted by Crippen LogP contribution is 2.37. The van der Waals surface area contributed by atoms with Gasteiger partial charge in [-0.25, -0.2) is 14.2 Å². The van der Waals surface area contributed by atoms with Crippen LogP contribution in [0.4, 0.5) is 8.78 Å². The molecule has 1 aliphatic heterocycles. The number of benzene rings is 1. The summed E-state index contributed by atoms with van der Waals surface area (Å²) in [4.78, 5) is 0. The summed E-state index contributed by atoms with van der Waals surface area (Å²) in [5.74, 6) is -1.05. The molecule has 1 aliphatic rings. The molecule has 0 fully saturated rings. The average molecular weight is 307 g/mol. The van der Waals surface area contributed by atoms with Gasteiger partial charge in [-0.15, -0.1) is 0 Å². The molecule has 0 radical (unpaired) electrons. The van der Waals surface area contributed by atoms with E-state index >= 15 is 0 Å². The van der Waals surface area contributed by atoms with Crippen molar-refractivity contribution in [1.82, 2.24) is 10.9 Å². The highest BCUT2D eigenvalue weighted by atomic mass is 19.1. The van der Waals surface area contributed by atoms with Crippen LogP contribution in [-0.2, 0) is 6.42 Å². The molecular weight excluding hydrogens is 284 g/mol. The topological polar surface area (TPSA) is 50.1 Å². The van der Waals surface area contributed by atoms with Gasteiger partial charge in [-0.3, -0.25) is 0 Å². The lowest BCUT2D eigenvalue weighted by atomic mass is 9.75. The Kier molecular flexibility index (Phi) is 4.86. The van der Waals surface area contributed by atoms with E-state index in [1.165, 1.54) is 18.2 Å². The molecule has 2 rings (SSSR count). The largest absolute Gasteiger partial charge is 0.401 e. The van der Waals surface area contributed by atoms with Gasteiger partial charge in [0, 0.05) is 28.9 Å². The maximum absolute atomic E-state index is 14.0. The molecule has 5 heteroatoms. The molecule has 0 aliphatic carbocycles. The Morgan fingerprint density at radius 2 is 1.95 bits per heavy atom. The van der Waals surface area contributed by atoms with Crippen molar-refractivity contribution in [2.45, 2.75) is 33.1 Å². The van der Waals surface area contributed by atoms with Gasteiger partial charge in [-0.05, 0) is 43.9 Å². The number of hydrogen-bond acceptors (Lipinski definition) is 3. The quantitative estimate of drug-likeness (QED) is 0.787. The first kappa shape index (κ1) is 16.5. The maximum Gasteiger partial charge on any atom is 0.129 e. The molecule has 120 valence electrons.